The molecule has 0 aromatic heterocycles. The third kappa shape index (κ3) is 4.12. The fourth-order valence-electron chi connectivity index (χ4n) is 2.78. The molecule has 1 unspecified atom stereocenters. The third-order valence-corrected chi connectivity index (χ3v) is 3.92. The molecule has 1 atom stereocenters. The van der Waals surface area contributed by atoms with Crippen LogP contribution in [-0.4, -0.2) is 17.1 Å². The van der Waals surface area contributed by atoms with E-state index in [1.807, 2.05) is 0 Å². The zero-order valence-corrected chi connectivity index (χ0v) is 11.5. The van der Waals surface area contributed by atoms with E-state index in [1.54, 1.807) is 0 Å². The highest BCUT2D eigenvalue weighted by atomic mass is 19.4. The van der Waals surface area contributed by atoms with E-state index >= 15 is 0 Å². The molecule has 1 aromatic carbocycles. The lowest BCUT2D eigenvalue weighted by Gasteiger charge is -2.28. The van der Waals surface area contributed by atoms with Gasteiger partial charge in [-0.1, -0.05) is 19.3 Å². The number of alkyl halides is 3. The summed E-state index contributed by atoms with van der Waals surface area (Å²) in [4.78, 5) is 11.4. The number of anilines is 1. The number of carbonyl (C=O) groups is 1. The summed E-state index contributed by atoms with van der Waals surface area (Å²) in [7, 11) is 0. The molecule has 3 nitrogen and oxygen atoms in total. The lowest BCUT2D eigenvalue weighted by Crippen LogP contribution is -2.38. The second-order valence-electron chi connectivity index (χ2n) is 5.43. The zero-order valence-electron chi connectivity index (χ0n) is 11.5. The maximum absolute atomic E-state index is 12.5. The van der Waals surface area contributed by atoms with Crippen LogP contribution < -0.4 is 5.32 Å². The maximum atomic E-state index is 12.5. The van der Waals surface area contributed by atoms with Crippen LogP contribution in [0.25, 0.3) is 0 Å². The number of carboxylic acids is 1. The van der Waals surface area contributed by atoms with Crippen molar-refractivity contribution in [3.05, 3.63) is 29.8 Å². The summed E-state index contributed by atoms with van der Waals surface area (Å²) in [5, 5.41) is 12.2. The number of rotatable bonds is 4. The molecule has 0 amide bonds. The molecule has 0 bridgehead atoms. The fourth-order valence-corrected chi connectivity index (χ4v) is 2.78. The van der Waals surface area contributed by atoms with E-state index in [0.29, 0.717) is 5.69 Å². The van der Waals surface area contributed by atoms with Gasteiger partial charge in [0.25, 0.3) is 0 Å². The Bertz CT molecular complexity index is 479. The second-order valence-corrected chi connectivity index (χ2v) is 5.43. The first-order chi connectivity index (χ1) is 9.88. The molecule has 1 saturated carbocycles. The minimum Gasteiger partial charge on any atom is -0.480 e. The summed E-state index contributed by atoms with van der Waals surface area (Å²) in [5.74, 6) is -0.930. The topological polar surface area (TPSA) is 49.3 Å². The Kier molecular flexibility index (Phi) is 4.75. The molecule has 1 aliphatic carbocycles. The van der Waals surface area contributed by atoms with Crippen LogP contribution in [0.15, 0.2) is 24.3 Å². The molecule has 1 fully saturated rings. The Labute approximate surface area is 121 Å². The Balaban J connectivity index is 2.08. The lowest BCUT2D eigenvalue weighted by molar-refractivity contribution is -0.139. The molecule has 0 aliphatic heterocycles. The Hall–Kier alpha value is -1.72. The number of carboxylic acid groups (broad SMARTS) is 1. The van der Waals surface area contributed by atoms with E-state index < -0.39 is 23.8 Å². The number of nitrogens with one attached hydrogen (secondary N) is 1. The molecule has 6 heteroatoms. The summed E-state index contributed by atoms with van der Waals surface area (Å²) in [6.07, 6.45) is 0.415. The van der Waals surface area contributed by atoms with E-state index in [2.05, 4.69) is 5.32 Å². The van der Waals surface area contributed by atoms with Crippen molar-refractivity contribution in [1.82, 2.24) is 0 Å². The van der Waals surface area contributed by atoms with Crippen LogP contribution in [0.3, 0.4) is 0 Å². The van der Waals surface area contributed by atoms with Gasteiger partial charge >= 0.3 is 12.1 Å². The first-order valence-electron chi connectivity index (χ1n) is 7.04. The van der Waals surface area contributed by atoms with Crippen molar-refractivity contribution >= 4 is 11.7 Å². The molecule has 21 heavy (non-hydrogen) atoms. The summed E-state index contributed by atoms with van der Waals surface area (Å²) >= 11 is 0. The van der Waals surface area contributed by atoms with E-state index in [4.69, 9.17) is 0 Å². The van der Waals surface area contributed by atoms with Crippen molar-refractivity contribution in [3.8, 4) is 0 Å². The van der Waals surface area contributed by atoms with Gasteiger partial charge in [-0.15, -0.1) is 0 Å². The number of hydrogen-bond donors (Lipinski definition) is 2. The van der Waals surface area contributed by atoms with Crippen molar-refractivity contribution in [2.24, 2.45) is 5.92 Å². The van der Waals surface area contributed by atoms with Crippen LogP contribution in [0.2, 0.25) is 0 Å². The Morgan fingerprint density at radius 2 is 1.71 bits per heavy atom. The standard InChI is InChI=1S/C15H18F3NO2/c16-15(17,18)11-6-8-12(9-7-11)19-13(14(20)21)10-4-2-1-3-5-10/h6-10,13,19H,1-5H2,(H,20,21). The summed E-state index contributed by atoms with van der Waals surface area (Å²) in [5.41, 5.74) is -0.335. The molecule has 116 valence electrons. The third-order valence-electron chi connectivity index (χ3n) is 3.92. The zero-order chi connectivity index (χ0) is 15.5. The van der Waals surface area contributed by atoms with E-state index in [-0.39, 0.29) is 5.92 Å². The van der Waals surface area contributed by atoms with Crippen molar-refractivity contribution in [2.75, 3.05) is 5.32 Å². The van der Waals surface area contributed by atoms with Gasteiger partial charge in [0.2, 0.25) is 0 Å². The minimum atomic E-state index is -4.38. The van der Waals surface area contributed by atoms with Gasteiger partial charge in [-0.25, -0.2) is 4.79 Å². The fraction of sp³-hybridized carbons (Fsp3) is 0.533. The lowest BCUT2D eigenvalue weighted by atomic mass is 9.84. The molecule has 0 radical (unpaired) electrons. The number of aliphatic carboxylic acids is 1. The largest absolute Gasteiger partial charge is 0.480 e. The van der Waals surface area contributed by atoms with Gasteiger partial charge in [0.1, 0.15) is 6.04 Å². The molecule has 2 N–H and O–H groups in total. The molecule has 2 rings (SSSR count). The summed E-state index contributed by atoms with van der Waals surface area (Å²) in [6, 6.07) is 3.73. The monoisotopic (exact) mass is 301 g/mol. The Morgan fingerprint density at radius 3 is 2.19 bits per heavy atom. The highest BCUT2D eigenvalue weighted by molar-refractivity contribution is 5.77. The highest BCUT2D eigenvalue weighted by Gasteiger charge is 2.31. The van der Waals surface area contributed by atoms with Crippen molar-refractivity contribution in [1.29, 1.82) is 0 Å². The van der Waals surface area contributed by atoms with Crippen molar-refractivity contribution in [2.45, 2.75) is 44.3 Å². The molecule has 1 aliphatic rings. The summed E-state index contributed by atoms with van der Waals surface area (Å²) < 4.78 is 37.5. The van der Waals surface area contributed by atoms with Gasteiger partial charge in [0, 0.05) is 5.69 Å². The molecule has 0 saturated heterocycles. The average molecular weight is 301 g/mol. The highest BCUT2D eigenvalue weighted by Crippen LogP contribution is 2.31. The van der Waals surface area contributed by atoms with Crippen LogP contribution in [0.5, 0.6) is 0 Å². The SMILES string of the molecule is O=C(O)C(Nc1ccc(C(F)(F)F)cc1)C1CCCCC1. The van der Waals surface area contributed by atoms with Crippen LogP contribution >= 0.6 is 0 Å². The van der Waals surface area contributed by atoms with Crippen molar-refractivity contribution < 1.29 is 23.1 Å². The van der Waals surface area contributed by atoms with Gasteiger partial charge < -0.3 is 10.4 Å². The van der Waals surface area contributed by atoms with E-state index in [1.165, 1.54) is 12.1 Å². The van der Waals surface area contributed by atoms with Crippen LogP contribution in [0, 0.1) is 5.92 Å². The quantitative estimate of drug-likeness (QED) is 0.878. The predicted molar refractivity (Wildman–Crippen MR) is 73.1 cm³/mol. The minimum absolute atomic E-state index is 0.0264. The van der Waals surface area contributed by atoms with E-state index in [9.17, 15) is 23.1 Å². The Morgan fingerprint density at radius 1 is 1.14 bits per heavy atom. The second kappa shape index (κ2) is 6.37. The normalized spacial score (nSPS) is 18.2. The molecule has 0 heterocycles. The van der Waals surface area contributed by atoms with E-state index in [0.717, 1.165) is 44.2 Å². The number of hydrogen-bond acceptors (Lipinski definition) is 2. The van der Waals surface area contributed by atoms with Crippen molar-refractivity contribution in [3.63, 3.8) is 0 Å². The van der Waals surface area contributed by atoms with Gasteiger partial charge in [-0.05, 0) is 43.0 Å². The van der Waals surface area contributed by atoms with Gasteiger partial charge in [0.15, 0.2) is 0 Å². The molecule has 0 spiro atoms. The predicted octanol–water partition coefficient (Wildman–Crippen LogP) is 4.15. The van der Waals surface area contributed by atoms with Crippen LogP contribution in [0.4, 0.5) is 18.9 Å². The molecular weight excluding hydrogens is 283 g/mol. The first kappa shape index (κ1) is 15.7. The summed E-state index contributed by atoms with van der Waals surface area (Å²) in [6.45, 7) is 0. The number of halogens is 3. The molecular formula is C15H18F3NO2. The van der Waals surface area contributed by atoms with Gasteiger partial charge in [-0.2, -0.15) is 13.2 Å². The smallest absolute Gasteiger partial charge is 0.416 e. The molecule has 1 aromatic rings. The van der Waals surface area contributed by atoms with Gasteiger partial charge in [0.05, 0.1) is 5.56 Å². The van der Waals surface area contributed by atoms with Crippen LogP contribution in [-0.2, 0) is 11.0 Å². The first-order valence-corrected chi connectivity index (χ1v) is 7.04. The maximum Gasteiger partial charge on any atom is 0.416 e. The number of benzene rings is 1. The van der Waals surface area contributed by atoms with Crippen LogP contribution in [0.1, 0.15) is 37.7 Å². The van der Waals surface area contributed by atoms with Gasteiger partial charge in [-0.3, -0.25) is 0 Å². The average Bonchev–Trinajstić information content (AvgIpc) is 2.45.